The lowest BCUT2D eigenvalue weighted by molar-refractivity contribution is -0.254. The number of nitrogens with zero attached hydrogens (tertiary/aromatic N) is 1. The second-order valence-electron chi connectivity index (χ2n) is 19.5. The van der Waals surface area contributed by atoms with Crippen LogP contribution in [0.15, 0.2) is 109 Å². The molecule has 4 aromatic rings. The number of Topliss-reactive ketones (excluding diaryl/α,β-unsaturated/α-hetero) is 2. The molecule has 2 aliphatic heterocycles. The highest BCUT2D eigenvalue weighted by Crippen LogP contribution is 2.43. The number of benzene rings is 4. The van der Waals surface area contributed by atoms with Gasteiger partial charge in [-0.25, -0.2) is 4.79 Å². The molecule has 2 heterocycles. The molecule has 2 aliphatic rings. The van der Waals surface area contributed by atoms with Gasteiger partial charge >= 0.3 is 11.9 Å². The van der Waals surface area contributed by atoms with Crippen LogP contribution in [0.25, 0.3) is 0 Å². The minimum absolute atomic E-state index is 0.0478. The topological polar surface area (TPSA) is 173 Å². The summed E-state index contributed by atoms with van der Waals surface area (Å²) in [6.45, 7) is 7.20. The van der Waals surface area contributed by atoms with Crippen molar-refractivity contribution in [1.29, 1.82) is 0 Å². The average Bonchev–Trinajstić information content (AvgIpc) is 3.84. The first-order chi connectivity index (χ1) is 35.3. The Labute approximate surface area is 431 Å². The van der Waals surface area contributed by atoms with Gasteiger partial charge in [0, 0.05) is 44.8 Å². The summed E-state index contributed by atoms with van der Waals surface area (Å²) in [7, 11) is 3.24. The van der Waals surface area contributed by atoms with Gasteiger partial charge in [-0.15, -0.1) is 0 Å². The molecular formula is C59H75NO13. The number of methoxy groups -OCH3 is 2. The van der Waals surface area contributed by atoms with Crippen molar-refractivity contribution in [3.8, 4) is 11.5 Å². The van der Waals surface area contributed by atoms with Crippen LogP contribution in [0.4, 0.5) is 0 Å². The fourth-order valence-corrected chi connectivity index (χ4v) is 9.81. The number of likely N-dealkylation sites (tertiary alicyclic amines) is 1. The van der Waals surface area contributed by atoms with E-state index in [0.29, 0.717) is 68.1 Å². The van der Waals surface area contributed by atoms with E-state index in [1.54, 1.807) is 38.5 Å². The Balaban J connectivity index is 0.987. The number of carbonyl (C=O) groups is 5. The molecule has 7 atom stereocenters. The number of ether oxygens (including phenoxy) is 7. The number of carboxylic acid groups (broad SMARTS) is 1. The smallest absolute Gasteiger partial charge is 0.338 e. The highest BCUT2D eigenvalue weighted by molar-refractivity contribution is 5.89. The summed E-state index contributed by atoms with van der Waals surface area (Å²) in [5, 5.41) is 9.09. The van der Waals surface area contributed by atoms with E-state index in [-0.39, 0.29) is 80.6 Å². The summed E-state index contributed by atoms with van der Waals surface area (Å²) in [6, 6.07) is 33.9. The molecule has 1 N–H and O–H groups in total. The molecule has 394 valence electrons. The van der Waals surface area contributed by atoms with E-state index in [4.69, 9.17) is 38.3 Å². The number of rotatable bonds is 30. The predicted octanol–water partition coefficient (Wildman–Crippen LogP) is 10.0. The molecule has 2 unspecified atom stereocenters. The summed E-state index contributed by atoms with van der Waals surface area (Å²) >= 11 is 0. The third-order valence-corrected chi connectivity index (χ3v) is 14.6. The first kappa shape index (κ1) is 56.4. The number of amides is 1. The lowest BCUT2D eigenvalue weighted by Crippen LogP contribution is -2.48. The zero-order valence-electron chi connectivity index (χ0n) is 43.2. The number of aliphatic carboxylic acids is 1. The van der Waals surface area contributed by atoms with Crippen LogP contribution in [0.3, 0.4) is 0 Å². The van der Waals surface area contributed by atoms with E-state index >= 15 is 0 Å². The Morgan fingerprint density at radius 2 is 1.19 bits per heavy atom. The highest BCUT2D eigenvalue weighted by atomic mass is 16.7. The molecule has 0 bridgehead atoms. The summed E-state index contributed by atoms with van der Waals surface area (Å²) in [5.74, 6) is 0.454. The van der Waals surface area contributed by atoms with Gasteiger partial charge in [0.2, 0.25) is 5.91 Å². The molecule has 6 rings (SSSR count). The molecule has 0 aliphatic carbocycles. The van der Waals surface area contributed by atoms with Gasteiger partial charge in [-0.2, -0.15) is 0 Å². The van der Waals surface area contributed by atoms with Crippen molar-refractivity contribution in [1.82, 2.24) is 4.90 Å². The van der Waals surface area contributed by atoms with Gasteiger partial charge < -0.3 is 43.2 Å². The van der Waals surface area contributed by atoms with Crippen molar-refractivity contribution < 1.29 is 62.2 Å². The standard InChI is InChI=1S/C59H75NO13/c1-41-42(2)54(40-71-57(66)44-18-10-8-11-19-44)73-58(43(41)3)69-35-17-16-23-49(61)22-14-6-7-15-24-55(63)60-37-53(70-39-50(62)29-34-56(64)65)36-48(60)38-72-59(45-20-12-9-13-21-45,46-25-30-51(67-4)31-26-46)47-27-32-52(68-5)33-28-47/h8-13,18-21,25-28,30-33,41-43,48,53-54,58H,6-7,14-17,22-24,29,34-40H2,1-5H3,(H,64,65)/t41-,42-,43?,48-,53+,54?,58-/m0/s1. The Hall–Kier alpha value is -5.93. The third kappa shape index (κ3) is 16.0. The predicted molar refractivity (Wildman–Crippen MR) is 275 cm³/mol. The van der Waals surface area contributed by atoms with E-state index in [0.717, 1.165) is 42.4 Å². The van der Waals surface area contributed by atoms with Crippen molar-refractivity contribution in [2.75, 3.05) is 47.2 Å². The van der Waals surface area contributed by atoms with Gasteiger partial charge in [-0.05, 0) is 97.0 Å². The third-order valence-electron chi connectivity index (χ3n) is 14.6. The monoisotopic (exact) mass is 1010 g/mol. The summed E-state index contributed by atoms with van der Waals surface area (Å²) in [6.07, 6.45) is 4.56. The van der Waals surface area contributed by atoms with Crippen LogP contribution in [0.1, 0.15) is 125 Å². The minimum Gasteiger partial charge on any atom is -0.497 e. The van der Waals surface area contributed by atoms with Crippen LogP contribution in [0.2, 0.25) is 0 Å². The zero-order valence-corrected chi connectivity index (χ0v) is 43.2. The fourth-order valence-electron chi connectivity index (χ4n) is 9.81. The largest absolute Gasteiger partial charge is 0.497 e. The first-order valence-corrected chi connectivity index (χ1v) is 26.0. The Morgan fingerprint density at radius 3 is 1.79 bits per heavy atom. The van der Waals surface area contributed by atoms with E-state index in [2.05, 4.69) is 20.8 Å². The van der Waals surface area contributed by atoms with E-state index in [1.165, 1.54) is 0 Å². The number of hydrogen-bond acceptors (Lipinski definition) is 12. The highest BCUT2D eigenvalue weighted by Gasteiger charge is 2.43. The molecular weight excluding hydrogens is 931 g/mol. The molecule has 0 radical (unpaired) electrons. The van der Waals surface area contributed by atoms with Crippen LogP contribution < -0.4 is 9.47 Å². The maximum absolute atomic E-state index is 14.1. The van der Waals surface area contributed by atoms with Crippen molar-refractivity contribution in [3.05, 3.63) is 131 Å². The van der Waals surface area contributed by atoms with Crippen LogP contribution in [-0.4, -0.2) is 111 Å². The number of unbranched alkanes of at least 4 members (excludes halogenated alkanes) is 4. The minimum atomic E-state index is -1.11. The quantitative estimate of drug-likeness (QED) is 0.0297. The Morgan fingerprint density at radius 1 is 0.616 bits per heavy atom. The fraction of sp³-hybridized carbons (Fsp3) is 0.508. The molecule has 73 heavy (non-hydrogen) atoms. The molecule has 2 saturated heterocycles. The lowest BCUT2D eigenvalue weighted by Gasteiger charge is -2.43. The molecule has 2 fully saturated rings. The number of carboxylic acids is 1. The average molecular weight is 1010 g/mol. The Bertz CT molecular complexity index is 2290. The molecule has 0 spiro atoms. The maximum Gasteiger partial charge on any atom is 0.338 e. The van der Waals surface area contributed by atoms with Crippen molar-refractivity contribution >= 4 is 29.4 Å². The SMILES string of the molecule is COc1ccc(C(OC[C@@H]2C[C@@H](OCC(=O)CCC(=O)O)CN2C(=O)CCCCCCC(=O)CCCCO[C@H]2OC(COC(=O)c3ccccc3)[C@@H](C)[C@H](C)C2C)(c2ccccc2)c2ccc(OC)cc2)cc1. The van der Waals surface area contributed by atoms with Gasteiger partial charge in [0.25, 0.3) is 0 Å². The van der Waals surface area contributed by atoms with Crippen molar-refractivity contribution in [3.63, 3.8) is 0 Å². The molecule has 0 aromatic heterocycles. The summed E-state index contributed by atoms with van der Waals surface area (Å²) < 4.78 is 42.4. The number of ketones is 2. The van der Waals surface area contributed by atoms with Gasteiger partial charge in [-0.1, -0.05) is 106 Å². The van der Waals surface area contributed by atoms with E-state index < -0.39 is 30.0 Å². The second-order valence-corrected chi connectivity index (χ2v) is 19.5. The molecule has 1 amide bonds. The van der Waals surface area contributed by atoms with Gasteiger partial charge in [0.05, 0.1) is 51.1 Å². The molecule has 14 nitrogen and oxygen atoms in total. The summed E-state index contributed by atoms with van der Waals surface area (Å²) in [5.41, 5.74) is 1.98. The summed E-state index contributed by atoms with van der Waals surface area (Å²) in [4.78, 5) is 65.1. The Kier molecular flexibility index (Phi) is 22.0. The van der Waals surface area contributed by atoms with Crippen molar-refractivity contribution in [2.24, 2.45) is 17.8 Å². The van der Waals surface area contributed by atoms with Gasteiger partial charge in [0.15, 0.2) is 12.1 Å². The van der Waals surface area contributed by atoms with E-state index in [9.17, 15) is 24.0 Å². The molecule has 14 heteroatoms. The van der Waals surface area contributed by atoms with E-state index in [1.807, 2.05) is 89.8 Å². The van der Waals surface area contributed by atoms with Crippen LogP contribution in [-0.2, 0) is 48.5 Å². The first-order valence-electron chi connectivity index (χ1n) is 26.0. The molecule has 4 aromatic carbocycles. The van der Waals surface area contributed by atoms with Crippen molar-refractivity contribution in [2.45, 2.75) is 128 Å². The van der Waals surface area contributed by atoms with Crippen LogP contribution in [0, 0.1) is 17.8 Å². The lowest BCUT2D eigenvalue weighted by atomic mass is 9.79. The number of esters is 1. The maximum atomic E-state index is 14.1. The zero-order chi connectivity index (χ0) is 52.2. The van der Waals surface area contributed by atoms with Gasteiger partial charge in [0.1, 0.15) is 36.1 Å². The van der Waals surface area contributed by atoms with Crippen LogP contribution >= 0.6 is 0 Å². The normalized spacial score (nSPS) is 20.8. The number of carbonyl (C=O) groups excluding carboxylic acids is 4. The molecule has 0 saturated carbocycles. The number of hydrogen-bond donors (Lipinski definition) is 1. The van der Waals surface area contributed by atoms with Crippen LogP contribution in [0.5, 0.6) is 11.5 Å². The van der Waals surface area contributed by atoms with Gasteiger partial charge in [-0.3, -0.25) is 19.2 Å². The second kappa shape index (κ2) is 28.5.